The monoisotopic (exact) mass is 585 g/mol. The minimum absolute atomic E-state index is 0.110. The Labute approximate surface area is 248 Å². The van der Waals surface area contributed by atoms with Crippen molar-refractivity contribution in [3.63, 3.8) is 0 Å². The molecular formula is C32H31N3O8. The van der Waals surface area contributed by atoms with E-state index in [1.54, 1.807) is 30.9 Å². The Morgan fingerprint density at radius 1 is 0.953 bits per heavy atom. The van der Waals surface area contributed by atoms with E-state index in [0.717, 1.165) is 5.56 Å². The van der Waals surface area contributed by atoms with Crippen LogP contribution in [0.3, 0.4) is 0 Å². The maximum Gasteiger partial charge on any atom is 0.340 e. The maximum absolute atomic E-state index is 13.5. The highest BCUT2D eigenvalue weighted by atomic mass is 16.5. The SMILES string of the molecule is CCOC(=O)c1ccc(NC(=O)C(=O)NCc2ccc(/C=C3/C(=O)N([C@@H](C)c4ccccc4)C(C)=C3C(=O)OC)o2)cc1. The molecule has 1 atom stereocenters. The average molecular weight is 586 g/mol. The van der Waals surface area contributed by atoms with Gasteiger partial charge in [0.15, 0.2) is 0 Å². The molecule has 2 aromatic carbocycles. The van der Waals surface area contributed by atoms with Crippen LogP contribution >= 0.6 is 0 Å². The van der Waals surface area contributed by atoms with Crippen LogP contribution in [0.2, 0.25) is 0 Å². The Kier molecular flexibility index (Phi) is 9.56. The van der Waals surface area contributed by atoms with Crippen LogP contribution in [0.4, 0.5) is 5.69 Å². The van der Waals surface area contributed by atoms with E-state index in [4.69, 9.17) is 13.9 Å². The van der Waals surface area contributed by atoms with Crippen molar-refractivity contribution in [2.24, 2.45) is 0 Å². The van der Waals surface area contributed by atoms with Gasteiger partial charge < -0.3 is 29.4 Å². The highest BCUT2D eigenvalue weighted by Gasteiger charge is 2.39. The lowest BCUT2D eigenvalue weighted by Crippen LogP contribution is -2.34. The van der Waals surface area contributed by atoms with Gasteiger partial charge in [0, 0.05) is 11.4 Å². The van der Waals surface area contributed by atoms with Crippen molar-refractivity contribution >= 4 is 41.4 Å². The number of amides is 3. The fraction of sp³-hybridized carbons (Fsp3) is 0.219. The zero-order valence-electron chi connectivity index (χ0n) is 24.1. The third-order valence-electron chi connectivity index (χ3n) is 6.75. The zero-order valence-corrected chi connectivity index (χ0v) is 24.1. The summed E-state index contributed by atoms with van der Waals surface area (Å²) < 4.78 is 15.6. The zero-order chi connectivity index (χ0) is 31.1. The van der Waals surface area contributed by atoms with E-state index in [0.29, 0.717) is 22.7 Å². The molecule has 0 bridgehead atoms. The van der Waals surface area contributed by atoms with Crippen LogP contribution in [-0.4, -0.2) is 48.3 Å². The third-order valence-corrected chi connectivity index (χ3v) is 6.75. The van der Waals surface area contributed by atoms with Gasteiger partial charge in [-0.1, -0.05) is 30.3 Å². The molecule has 3 amide bonds. The van der Waals surface area contributed by atoms with Crippen molar-refractivity contribution in [1.29, 1.82) is 0 Å². The van der Waals surface area contributed by atoms with Crippen molar-refractivity contribution in [1.82, 2.24) is 10.2 Å². The number of benzene rings is 2. The number of esters is 2. The number of carbonyl (C=O) groups excluding carboxylic acids is 5. The fourth-order valence-electron chi connectivity index (χ4n) is 4.59. The Bertz CT molecular complexity index is 1600. The highest BCUT2D eigenvalue weighted by molar-refractivity contribution is 6.39. The summed E-state index contributed by atoms with van der Waals surface area (Å²) in [5.74, 6) is -2.77. The molecule has 1 aromatic heterocycles. The van der Waals surface area contributed by atoms with Gasteiger partial charge in [-0.25, -0.2) is 9.59 Å². The minimum Gasteiger partial charge on any atom is -0.465 e. The van der Waals surface area contributed by atoms with Crippen LogP contribution in [0.25, 0.3) is 6.08 Å². The van der Waals surface area contributed by atoms with Crippen LogP contribution in [0, 0.1) is 0 Å². The number of hydrogen-bond acceptors (Lipinski definition) is 8. The number of furan rings is 1. The van der Waals surface area contributed by atoms with Crippen LogP contribution in [-0.2, 0) is 35.2 Å². The van der Waals surface area contributed by atoms with Gasteiger partial charge in [0.1, 0.15) is 11.5 Å². The molecule has 2 heterocycles. The maximum atomic E-state index is 13.5. The summed E-state index contributed by atoms with van der Waals surface area (Å²) in [5, 5.41) is 4.92. The molecule has 1 aliphatic rings. The largest absolute Gasteiger partial charge is 0.465 e. The van der Waals surface area contributed by atoms with E-state index in [1.807, 2.05) is 37.3 Å². The van der Waals surface area contributed by atoms with Crippen molar-refractivity contribution in [2.75, 3.05) is 19.0 Å². The molecule has 222 valence electrons. The molecule has 0 saturated carbocycles. The smallest absolute Gasteiger partial charge is 0.340 e. The first-order valence-electron chi connectivity index (χ1n) is 13.5. The second kappa shape index (κ2) is 13.5. The summed E-state index contributed by atoms with van der Waals surface area (Å²) in [4.78, 5) is 64.2. The van der Waals surface area contributed by atoms with Crippen molar-refractivity contribution in [3.8, 4) is 0 Å². The first-order valence-corrected chi connectivity index (χ1v) is 13.5. The Morgan fingerprint density at radius 2 is 1.65 bits per heavy atom. The molecule has 0 aliphatic carbocycles. The topological polar surface area (TPSA) is 144 Å². The van der Waals surface area contributed by atoms with Gasteiger partial charge in [0.05, 0.1) is 43.0 Å². The number of allylic oxidation sites excluding steroid dienone is 1. The molecule has 3 aromatic rings. The van der Waals surface area contributed by atoms with Crippen LogP contribution in [0.1, 0.15) is 54.3 Å². The lowest BCUT2D eigenvalue weighted by atomic mass is 10.1. The number of anilines is 1. The number of nitrogens with one attached hydrogen (secondary N) is 2. The fourth-order valence-corrected chi connectivity index (χ4v) is 4.59. The number of hydrogen-bond donors (Lipinski definition) is 2. The van der Waals surface area contributed by atoms with Gasteiger partial charge in [-0.2, -0.15) is 0 Å². The Balaban J connectivity index is 1.42. The predicted octanol–water partition coefficient (Wildman–Crippen LogP) is 4.15. The normalized spacial score (nSPS) is 14.5. The first kappa shape index (κ1) is 30.5. The number of nitrogens with zero attached hydrogens (tertiary/aromatic N) is 1. The molecule has 4 rings (SSSR count). The van der Waals surface area contributed by atoms with Gasteiger partial charge in [-0.3, -0.25) is 14.4 Å². The molecule has 11 nitrogen and oxygen atoms in total. The lowest BCUT2D eigenvalue weighted by molar-refractivity contribution is -0.136. The molecule has 0 radical (unpaired) electrons. The van der Waals surface area contributed by atoms with Crippen molar-refractivity contribution in [2.45, 2.75) is 33.4 Å². The molecule has 0 spiro atoms. The molecule has 0 unspecified atom stereocenters. The van der Waals surface area contributed by atoms with E-state index in [1.165, 1.54) is 37.5 Å². The summed E-state index contributed by atoms with van der Waals surface area (Å²) in [6.45, 7) is 5.38. The van der Waals surface area contributed by atoms with Crippen molar-refractivity contribution in [3.05, 3.63) is 106 Å². The van der Waals surface area contributed by atoms with E-state index in [-0.39, 0.29) is 42.0 Å². The molecular weight excluding hydrogens is 554 g/mol. The van der Waals surface area contributed by atoms with Gasteiger partial charge >= 0.3 is 23.8 Å². The molecule has 11 heteroatoms. The summed E-state index contributed by atoms with van der Waals surface area (Å²) in [7, 11) is 1.25. The van der Waals surface area contributed by atoms with E-state index < -0.39 is 23.8 Å². The standard InChI is InChI=1S/C32H31N3O8/c1-5-42-31(39)22-11-13-23(14-12-22)34-29(37)28(36)33-18-25-16-15-24(43-25)17-26-27(32(40)41-4)20(3)35(30(26)38)19(2)21-9-7-6-8-10-21/h6-17,19H,5,18H2,1-4H3,(H,33,36)(H,34,37)/b26-17+/t19-/m0/s1. The number of rotatable bonds is 9. The van der Waals surface area contributed by atoms with E-state index in [2.05, 4.69) is 10.6 Å². The van der Waals surface area contributed by atoms with Gasteiger partial charge in [0.25, 0.3) is 5.91 Å². The number of methoxy groups -OCH3 is 1. The lowest BCUT2D eigenvalue weighted by Gasteiger charge is -2.26. The molecule has 2 N–H and O–H groups in total. The van der Waals surface area contributed by atoms with Gasteiger partial charge in [-0.15, -0.1) is 0 Å². The summed E-state index contributed by atoms with van der Waals surface area (Å²) in [6, 6.07) is 18.2. The van der Waals surface area contributed by atoms with Gasteiger partial charge in [0.2, 0.25) is 0 Å². The molecule has 0 fully saturated rings. The average Bonchev–Trinajstić information content (AvgIpc) is 3.56. The Hall–Kier alpha value is -5.45. The minimum atomic E-state index is -0.912. The van der Waals surface area contributed by atoms with Crippen LogP contribution in [0.5, 0.6) is 0 Å². The molecule has 0 saturated heterocycles. The highest BCUT2D eigenvalue weighted by Crippen LogP contribution is 2.37. The molecule has 43 heavy (non-hydrogen) atoms. The number of ether oxygens (including phenoxy) is 2. The first-order chi connectivity index (χ1) is 20.6. The summed E-state index contributed by atoms with van der Waals surface area (Å²) >= 11 is 0. The second-order valence-electron chi connectivity index (χ2n) is 9.51. The Morgan fingerprint density at radius 3 is 2.30 bits per heavy atom. The molecule has 1 aliphatic heterocycles. The quantitative estimate of drug-likeness (QED) is 0.217. The van der Waals surface area contributed by atoms with E-state index in [9.17, 15) is 24.0 Å². The van der Waals surface area contributed by atoms with Crippen LogP contribution < -0.4 is 10.6 Å². The van der Waals surface area contributed by atoms with Gasteiger partial charge in [-0.05, 0) is 68.8 Å². The van der Waals surface area contributed by atoms with Crippen LogP contribution in [0.15, 0.2) is 88.0 Å². The summed E-state index contributed by atoms with van der Waals surface area (Å²) in [6.07, 6.45) is 1.45. The van der Waals surface area contributed by atoms with E-state index >= 15 is 0 Å². The second-order valence-corrected chi connectivity index (χ2v) is 9.51. The third kappa shape index (κ3) is 6.89. The van der Waals surface area contributed by atoms with Crippen molar-refractivity contribution < 1.29 is 37.9 Å². The predicted molar refractivity (Wildman–Crippen MR) is 156 cm³/mol. The summed E-state index contributed by atoms with van der Waals surface area (Å²) in [5.41, 5.74) is 2.24. The number of carbonyl (C=O) groups is 5.